The number of nitrogens with one attached hydrogen (secondary N) is 2. The molecule has 1 amide bonds. The van der Waals surface area contributed by atoms with Crippen LogP contribution in [0.15, 0.2) is 29.8 Å². The summed E-state index contributed by atoms with van der Waals surface area (Å²) in [5.74, 6) is -0.0942. The minimum Gasteiger partial charge on any atom is -0.504 e. The van der Waals surface area contributed by atoms with Crippen molar-refractivity contribution in [2.24, 2.45) is 0 Å². The molecule has 20 heavy (non-hydrogen) atoms. The summed E-state index contributed by atoms with van der Waals surface area (Å²) >= 11 is 0. The molecule has 2 rings (SSSR count). The second kappa shape index (κ2) is 6.96. The number of benzene rings is 1. The molecule has 1 aromatic rings. The molecule has 0 aliphatic carbocycles. The Bertz CT molecular complexity index is 512. The van der Waals surface area contributed by atoms with Crippen molar-refractivity contribution in [1.82, 2.24) is 10.6 Å². The number of methoxy groups -OCH3 is 1. The Hall–Kier alpha value is -2.01. The van der Waals surface area contributed by atoms with Crippen molar-refractivity contribution in [2.75, 3.05) is 26.7 Å². The number of rotatable bonds is 5. The van der Waals surface area contributed by atoms with E-state index in [9.17, 15) is 9.90 Å². The molecule has 5 nitrogen and oxygen atoms in total. The van der Waals surface area contributed by atoms with Crippen molar-refractivity contribution in [2.45, 2.75) is 12.8 Å². The SMILES string of the molecule is COc1cccc(C(=O)NCCC2=CCNCC2)c1O. The van der Waals surface area contributed by atoms with Crippen LogP contribution in [-0.4, -0.2) is 37.8 Å². The second-order valence-corrected chi connectivity index (χ2v) is 4.68. The molecule has 108 valence electrons. The van der Waals surface area contributed by atoms with Crippen LogP contribution in [0, 0.1) is 0 Å². The summed E-state index contributed by atoms with van der Waals surface area (Å²) < 4.78 is 4.99. The van der Waals surface area contributed by atoms with Gasteiger partial charge in [0.2, 0.25) is 0 Å². The van der Waals surface area contributed by atoms with E-state index in [0.29, 0.717) is 12.3 Å². The zero-order valence-corrected chi connectivity index (χ0v) is 11.6. The Kier molecular flexibility index (Phi) is 5.01. The molecular formula is C15H20N2O3. The summed E-state index contributed by atoms with van der Waals surface area (Å²) in [6.45, 7) is 2.47. The zero-order valence-electron chi connectivity index (χ0n) is 11.6. The lowest BCUT2D eigenvalue weighted by Crippen LogP contribution is -2.26. The molecule has 0 spiro atoms. The standard InChI is InChI=1S/C15H20N2O3/c1-20-13-4-2-3-12(14(13)18)15(19)17-10-7-11-5-8-16-9-6-11/h2-5,16,18H,6-10H2,1H3,(H,17,19). The summed E-state index contributed by atoms with van der Waals surface area (Å²) in [6.07, 6.45) is 4.04. The highest BCUT2D eigenvalue weighted by molar-refractivity contribution is 5.97. The van der Waals surface area contributed by atoms with Gasteiger partial charge in [0.1, 0.15) is 0 Å². The van der Waals surface area contributed by atoms with Gasteiger partial charge in [0.05, 0.1) is 12.7 Å². The third-order valence-corrected chi connectivity index (χ3v) is 3.35. The third kappa shape index (κ3) is 3.51. The van der Waals surface area contributed by atoms with Crippen molar-refractivity contribution in [1.29, 1.82) is 0 Å². The first kappa shape index (κ1) is 14.4. The van der Waals surface area contributed by atoms with Crippen molar-refractivity contribution in [3.8, 4) is 11.5 Å². The van der Waals surface area contributed by atoms with Crippen LogP contribution >= 0.6 is 0 Å². The second-order valence-electron chi connectivity index (χ2n) is 4.68. The summed E-state index contributed by atoms with van der Waals surface area (Å²) in [5, 5.41) is 16.0. The van der Waals surface area contributed by atoms with Gasteiger partial charge in [0.25, 0.3) is 5.91 Å². The van der Waals surface area contributed by atoms with Crippen LogP contribution in [0.25, 0.3) is 0 Å². The number of phenolic OH excluding ortho intramolecular Hbond substituents is 1. The molecule has 5 heteroatoms. The maximum Gasteiger partial charge on any atom is 0.255 e. The molecule has 0 radical (unpaired) electrons. The van der Waals surface area contributed by atoms with E-state index in [-0.39, 0.29) is 17.2 Å². The minimum atomic E-state index is -0.282. The lowest BCUT2D eigenvalue weighted by Gasteiger charge is -2.14. The summed E-state index contributed by atoms with van der Waals surface area (Å²) in [7, 11) is 1.46. The van der Waals surface area contributed by atoms with E-state index in [4.69, 9.17) is 4.74 Å². The molecule has 1 aliphatic rings. The number of hydrogen-bond acceptors (Lipinski definition) is 4. The van der Waals surface area contributed by atoms with E-state index in [1.165, 1.54) is 12.7 Å². The van der Waals surface area contributed by atoms with Crippen LogP contribution < -0.4 is 15.4 Å². The minimum absolute atomic E-state index is 0.117. The number of carbonyl (C=O) groups is 1. The van der Waals surface area contributed by atoms with Crippen LogP contribution in [0.5, 0.6) is 11.5 Å². The number of phenols is 1. The zero-order chi connectivity index (χ0) is 14.4. The Labute approximate surface area is 118 Å². The van der Waals surface area contributed by atoms with Gasteiger partial charge in [-0.2, -0.15) is 0 Å². The van der Waals surface area contributed by atoms with Gasteiger partial charge in [-0.1, -0.05) is 17.7 Å². The molecule has 0 bridgehead atoms. The van der Waals surface area contributed by atoms with Gasteiger partial charge < -0.3 is 20.5 Å². The topological polar surface area (TPSA) is 70.6 Å². The highest BCUT2D eigenvalue weighted by Crippen LogP contribution is 2.29. The first-order chi connectivity index (χ1) is 9.72. The Morgan fingerprint density at radius 1 is 1.50 bits per heavy atom. The van der Waals surface area contributed by atoms with E-state index < -0.39 is 0 Å². The van der Waals surface area contributed by atoms with E-state index >= 15 is 0 Å². The summed E-state index contributed by atoms with van der Waals surface area (Å²) in [6, 6.07) is 4.88. The first-order valence-corrected chi connectivity index (χ1v) is 6.75. The van der Waals surface area contributed by atoms with Gasteiger partial charge in [0, 0.05) is 13.1 Å². The summed E-state index contributed by atoms with van der Waals surface area (Å²) in [4.78, 5) is 12.0. The molecule has 0 atom stereocenters. The molecule has 0 saturated heterocycles. The van der Waals surface area contributed by atoms with E-state index in [2.05, 4.69) is 16.7 Å². The normalized spacial score (nSPS) is 14.6. The largest absolute Gasteiger partial charge is 0.504 e. The number of ether oxygens (including phenoxy) is 1. The van der Waals surface area contributed by atoms with Gasteiger partial charge in [-0.25, -0.2) is 0 Å². The third-order valence-electron chi connectivity index (χ3n) is 3.35. The molecule has 3 N–H and O–H groups in total. The lowest BCUT2D eigenvalue weighted by atomic mass is 10.1. The molecule has 0 unspecified atom stereocenters. The Balaban J connectivity index is 1.90. The predicted molar refractivity (Wildman–Crippen MR) is 77.2 cm³/mol. The van der Waals surface area contributed by atoms with Gasteiger partial charge in [-0.05, 0) is 31.5 Å². The maximum absolute atomic E-state index is 12.0. The smallest absolute Gasteiger partial charge is 0.255 e. The van der Waals surface area contributed by atoms with E-state index in [0.717, 1.165) is 25.9 Å². The van der Waals surface area contributed by atoms with Crippen LogP contribution in [0.1, 0.15) is 23.2 Å². The lowest BCUT2D eigenvalue weighted by molar-refractivity contribution is 0.0951. The monoisotopic (exact) mass is 276 g/mol. The number of hydrogen-bond donors (Lipinski definition) is 3. The number of para-hydroxylation sites is 1. The maximum atomic E-state index is 12.0. The highest BCUT2D eigenvalue weighted by atomic mass is 16.5. The molecule has 0 saturated carbocycles. The van der Waals surface area contributed by atoms with Gasteiger partial charge in [-0.3, -0.25) is 4.79 Å². The van der Waals surface area contributed by atoms with Crippen LogP contribution in [-0.2, 0) is 0 Å². The molecule has 1 heterocycles. The van der Waals surface area contributed by atoms with Gasteiger partial charge in [0.15, 0.2) is 11.5 Å². The molecule has 1 aromatic carbocycles. The van der Waals surface area contributed by atoms with Crippen LogP contribution in [0.4, 0.5) is 0 Å². The van der Waals surface area contributed by atoms with Crippen molar-refractivity contribution in [3.05, 3.63) is 35.4 Å². The van der Waals surface area contributed by atoms with E-state index in [1.54, 1.807) is 18.2 Å². The van der Waals surface area contributed by atoms with Crippen molar-refractivity contribution >= 4 is 5.91 Å². The number of aromatic hydroxyl groups is 1. The number of carbonyl (C=O) groups excluding carboxylic acids is 1. The average molecular weight is 276 g/mol. The number of amides is 1. The Morgan fingerprint density at radius 3 is 3.05 bits per heavy atom. The summed E-state index contributed by atoms with van der Waals surface area (Å²) in [5.41, 5.74) is 1.60. The molecule has 0 aromatic heterocycles. The molecular weight excluding hydrogens is 256 g/mol. The fraction of sp³-hybridized carbons (Fsp3) is 0.400. The fourth-order valence-electron chi connectivity index (χ4n) is 2.20. The predicted octanol–water partition coefficient (Wildman–Crippen LogP) is 1.44. The van der Waals surface area contributed by atoms with Crippen LogP contribution in [0.2, 0.25) is 0 Å². The molecule has 1 aliphatic heterocycles. The van der Waals surface area contributed by atoms with Crippen molar-refractivity contribution < 1.29 is 14.6 Å². The van der Waals surface area contributed by atoms with E-state index in [1.807, 2.05) is 0 Å². The van der Waals surface area contributed by atoms with Gasteiger partial charge >= 0.3 is 0 Å². The quantitative estimate of drug-likeness (QED) is 0.712. The molecule has 0 fully saturated rings. The highest BCUT2D eigenvalue weighted by Gasteiger charge is 2.14. The van der Waals surface area contributed by atoms with Crippen LogP contribution in [0.3, 0.4) is 0 Å². The first-order valence-electron chi connectivity index (χ1n) is 6.75. The van der Waals surface area contributed by atoms with Crippen molar-refractivity contribution in [3.63, 3.8) is 0 Å². The van der Waals surface area contributed by atoms with Gasteiger partial charge in [-0.15, -0.1) is 0 Å². The average Bonchev–Trinajstić information content (AvgIpc) is 2.48. The fourth-order valence-corrected chi connectivity index (χ4v) is 2.20. The Morgan fingerprint density at radius 2 is 2.35 bits per heavy atom.